The molecule has 0 rings (SSSR count). The summed E-state index contributed by atoms with van der Waals surface area (Å²) >= 11 is 0. The molecular weight excluding hydrogens is 222 g/mol. The molecule has 0 fully saturated rings. The van der Waals surface area contributed by atoms with Crippen molar-refractivity contribution in [3.8, 4) is 0 Å². The van der Waals surface area contributed by atoms with Gasteiger partial charge >= 0.3 is 8.56 Å². The Bertz CT molecular complexity index is 179. The lowest BCUT2D eigenvalue weighted by molar-refractivity contribution is 0.247. The number of hydrogen-bond acceptors (Lipinski definition) is 3. The maximum atomic E-state index is 5.46. The molecule has 0 aromatic heterocycles. The summed E-state index contributed by atoms with van der Waals surface area (Å²) < 4.78 is 13.4. The van der Waals surface area contributed by atoms with E-state index in [4.69, 9.17) is 8.85 Å². The van der Waals surface area contributed by atoms with Gasteiger partial charge in [-0.3, -0.25) is 0 Å². The molecule has 92 valence electrons. The molecule has 0 saturated heterocycles. The molecule has 0 unspecified atom stereocenters. The Labute approximate surface area is 97.1 Å². The van der Waals surface area contributed by atoms with Crippen molar-refractivity contribution in [3.05, 3.63) is 0 Å². The van der Waals surface area contributed by atoms with Crippen molar-refractivity contribution in [2.45, 2.75) is 38.7 Å². The van der Waals surface area contributed by atoms with Crippen LogP contribution in [0.25, 0.3) is 0 Å². The Morgan fingerprint density at radius 1 is 1.00 bits per heavy atom. The largest absolute Gasteiger partial charge is 0.398 e. The van der Waals surface area contributed by atoms with Crippen molar-refractivity contribution in [3.63, 3.8) is 0 Å². The van der Waals surface area contributed by atoms with Gasteiger partial charge in [-0.1, -0.05) is 19.6 Å². The molecule has 0 heterocycles. The van der Waals surface area contributed by atoms with Crippen molar-refractivity contribution in [2.24, 2.45) is 0 Å². The van der Waals surface area contributed by atoms with Gasteiger partial charge in [0, 0.05) is 14.2 Å². The average Bonchev–Trinajstić information content (AvgIpc) is 2.16. The minimum atomic E-state index is -1.83. The van der Waals surface area contributed by atoms with Crippen LogP contribution in [0.4, 0.5) is 0 Å². The summed E-state index contributed by atoms with van der Waals surface area (Å²) in [5.41, 5.74) is 0. The number of hydrogen-bond donors (Lipinski definition) is 0. The molecule has 0 bridgehead atoms. The lowest BCUT2D eigenvalue weighted by Gasteiger charge is -2.31. The lowest BCUT2D eigenvalue weighted by Crippen LogP contribution is -2.44. The Morgan fingerprint density at radius 3 is 1.80 bits per heavy atom. The highest BCUT2D eigenvalue weighted by atomic mass is 28.4. The van der Waals surface area contributed by atoms with Gasteiger partial charge in [-0.05, 0) is 32.6 Å². The first-order valence-corrected chi connectivity index (χ1v) is 11.5. The molecule has 0 aromatic carbocycles. The third-order valence-electron chi connectivity index (χ3n) is 3.13. The van der Waals surface area contributed by atoms with Crippen LogP contribution in [0.3, 0.4) is 0 Å². The Hall–Kier alpha value is 0.314. The van der Waals surface area contributed by atoms with Crippen LogP contribution in [0.2, 0.25) is 32.2 Å². The molecule has 0 atom stereocenters. The standard InChI is InChI=1S/C10H27NO2Si2/c1-11(14(4,5)6)9-8-10-15(7,12-2)13-3/h8-10H2,1-7H3. The Balaban J connectivity index is 3.89. The highest BCUT2D eigenvalue weighted by molar-refractivity contribution is 6.73. The molecule has 3 nitrogen and oxygen atoms in total. The molecule has 0 aliphatic rings. The minimum absolute atomic E-state index is 1.08. The van der Waals surface area contributed by atoms with Gasteiger partial charge in [-0.2, -0.15) is 0 Å². The zero-order chi connectivity index (χ0) is 12.1. The number of rotatable bonds is 7. The predicted octanol–water partition coefficient (Wildman–Crippen LogP) is 2.51. The summed E-state index contributed by atoms with van der Waals surface area (Å²) in [6.45, 7) is 10.4. The maximum absolute atomic E-state index is 5.46. The van der Waals surface area contributed by atoms with Crippen molar-refractivity contribution >= 4 is 16.8 Å². The molecule has 0 aliphatic carbocycles. The van der Waals surface area contributed by atoms with Crippen LogP contribution in [0, 0.1) is 0 Å². The van der Waals surface area contributed by atoms with Crippen LogP contribution in [0.15, 0.2) is 0 Å². The van der Waals surface area contributed by atoms with Gasteiger partial charge < -0.3 is 13.4 Å². The van der Waals surface area contributed by atoms with Crippen LogP contribution in [-0.2, 0) is 8.85 Å². The van der Waals surface area contributed by atoms with Gasteiger partial charge in [-0.25, -0.2) is 0 Å². The van der Waals surface area contributed by atoms with Gasteiger partial charge in [0.2, 0.25) is 0 Å². The fraction of sp³-hybridized carbons (Fsp3) is 1.00. The Morgan fingerprint density at radius 2 is 1.47 bits per heavy atom. The molecule has 0 radical (unpaired) electrons. The summed E-state index contributed by atoms with van der Waals surface area (Å²) in [4.78, 5) is 0. The van der Waals surface area contributed by atoms with Gasteiger partial charge in [0.1, 0.15) is 8.24 Å². The van der Waals surface area contributed by atoms with E-state index in [0.717, 1.165) is 12.6 Å². The number of nitrogens with zero attached hydrogens (tertiary/aromatic N) is 1. The summed E-state index contributed by atoms with van der Waals surface area (Å²) in [7, 11) is 2.81. The minimum Gasteiger partial charge on any atom is -0.398 e. The average molecular weight is 250 g/mol. The van der Waals surface area contributed by atoms with E-state index in [1.54, 1.807) is 14.2 Å². The van der Waals surface area contributed by atoms with Crippen molar-refractivity contribution in [2.75, 3.05) is 27.8 Å². The van der Waals surface area contributed by atoms with Gasteiger partial charge in [0.05, 0.1) is 0 Å². The van der Waals surface area contributed by atoms with Crippen LogP contribution >= 0.6 is 0 Å². The molecule has 0 aliphatic heterocycles. The van der Waals surface area contributed by atoms with E-state index >= 15 is 0 Å². The SMILES string of the molecule is CO[Si](C)(CCCN(C)[Si](C)(C)C)OC. The second kappa shape index (κ2) is 6.15. The maximum Gasteiger partial charge on any atom is 0.334 e. The van der Waals surface area contributed by atoms with E-state index < -0.39 is 16.8 Å². The highest BCUT2D eigenvalue weighted by Gasteiger charge is 2.28. The van der Waals surface area contributed by atoms with Crippen LogP contribution in [0.1, 0.15) is 6.42 Å². The first-order chi connectivity index (χ1) is 6.75. The van der Waals surface area contributed by atoms with Crippen LogP contribution < -0.4 is 0 Å². The molecule has 15 heavy (non-hydrogen) atoms. The van der Waals surface area contributed by atoms with E-state index in [9.17, 15) is 0 Å². The van der Waals surface area contributed by atoms with Crippen LogP contribution in [-0.4, -0.2) is 49.2 Å². The smallest absolute Gasteiger partial charge is 0.334 e. The first-order valence-electron chi connectivity index (χ1n) is 5.57. The zero-order valence-electron chi connectivity index (χ0n) is 11.4. The highest BCUT2D eigenvalue weighted by Crippen LogP contribution is 2.15. The van der Waals surface area contributed by atoms with Crippen molar-refractivity contribution in [1.82, 2.24) is 4.57 Å². The topological polar surface area (TPSA) is 21.7 Å². The van der Waals surface area contributed by atoms with Crippen molar-refractivity contribution < 1.29 is 8.85 Å². The normalized spacial score (nSPS) is 13.6. The van der Waals surface area contributed by atoms with E-state index in [1.165, 1.54) is 6.42 Å². The van der Waals surface area contributed by atoms with E-state index in [2.05, 4.69) is 37.8 Å². The first kappa shape index (κ1) is 15.3. The molecular formula is C10H27NO2Si2. The molecule has 5 heteroatoms. The fourth-order valence-corrected chi connectivity index (χ4v) is 3.46. The second-order valence-corrected chi connectivity index (χ2v) is 13.9. The second-order valence-electron chi connectivity index (χ2n) is 5.24. The zero-order valence-corrected chi connectivity index (χ0v) is 13.4. The lowest BCUT2D eigenvalue weighted by atomic mass is 10.5. The third kappa shape index (κ3) is 5.82. The summed E-state index contributed by atoms with van der Waals surface area (Å²) in [6, 6.07) is 1.08. The molecule has 0 amide bonds. The monoisotopic (exact) mass is 249 g/mol. The van der Waals surface area contributed by atoms with E-state index in [-0.39, 0.29) is 0 Å². The fourth-order valence-electron chi connectivity index (χ4n) is 1.26. The van der Waals surface area contributed by atoms with Gasteiger partial charge in [0.15, 0.2) is 0 Å². The molecule has 0 spiro atoms. The molecule has 0 saturated carbocycles. The third-order valence-corrected chi connectivity index (χ3v) is 8.64. The van der Waals surface area contributed by atoms with E-state index in [0.29, 0.717) is 0 Å². The van der Waals surface area contributed by atoms with Gasteiger partial charge in [0.25, 0.3) is 0 Å². The summed E-state index contributed by atoms with van der Waals surface area (Å²) in [5, 5.41) is 0. The summed E-state index contributed by atoms with van der Waals surface area (Å²) in [6.07, 6.45) is 1.17. The van der Waals surface area contributed by atoms with Crippen molar-refractivity contribution in [1.29, 1.82) is 0 Å². The van der Waals surface area contributed by atoms with Gasteiger partial charge in [-0.15, -0.1) is 0 Å². The predicted molar refractivity (Wildman–Crippen MR) is 71.0 cm³/mol. The van der Waals surface area contributed by atoms with Crippen LogP contribution in [0.5, 0.6) is 0 Å². The Kier molecular flexibility index (Phi) is 6.28. The quantitative estimate of drug-likeness (QED) is 0.647. The summed E-state index contributed by atoms with van der Waals surface area (Å²) in [5.74, 6) is 0. The van der Waals surface area contributed by atoms with E-state index in [1.807, 2.05) is 0 Å². The molecule has 0 aromatic rings. The molecule has 0 N–H and O–H groups in total.